The fourth-order valence-electron chi connectivity index (χ4n) is 2.65. The molecular formula is C18H14N2O5S. The summed E-state index contributed by atoms with van der Waals surface area (Å²) in [5.74, 6) is -0.138. The van der Waals surface area contributed by atoms with Crippen LogP contribution in [0.15, 0.2) is 70.1 Å². The third-order valence-electron chi connectivity index (χ3n) is 3.90. The molecule has 4 rings (SSSR count). The Hall–Kier alpha value is -3.13. The molecule has 0 aliphatic carbocycles. The summed E-state index contributed by atoms with van der Waals surface area (Å²) < 4.78 is 36.0. The van der Waals surface area contributed by atoms with Crippen LogP contribution in [0.3, 0.4) is 0 Å². The number of furan rings is 1. The Labute approximate surface area is 148 Å². The molecule has 0 N–H and O–H groups in total. The topological polar surface area (TPSA) is 91.4 Å². The van der Waals surface area contributed by atoms with E-state index in [4.69, 9.17) is 8.60 Å². The summed E-state index contributed by atoms with van der Waals surface area (Å²) in [7, 11) is -3.85. The first-order chi connectivity index (χ1) is 12.5. The third kappa shape index (κ3) is 3.06. The fraction of sp³-hybridized carbons (Fsp3) is 0.111. The van der Waals surface area contributed by atoms with Crippen LogP contribution >= 0.6 is 0 Å². The van der Waals surface area contributed by atoms with E-state index in [-0.39, 0.29) is 23.6 Å². The van der Waals surface area contributed by atoms with Crippen LogP contribution in [0.5, 0.6) is 5.75 Å². The predicted molar refractivity (Wildman–Crippen MR) is 96.6 cm³/mol. The van der Waals surface area contributed by atoms with Gasteiger partial charge in [0.05, 0.1) is 6.33 Å². The van der Waals surface area contributed by atoms with E-state index in [1.165, 1.54) is 10.9 Å². The first-order valence-electron chi connectivity index (χ1n) is 7.87. The zero-order chi connectivity index (χ0) is 18.1. The van der Waals surface area contributed by atoms with Crippen molar-refractivity contribution in [3.05, 3.63) is 71.3 Å². The molecule has 0 fully saturated rings. The minimum atomic E-state index is -3.85. The van der Waals surface area contributed by atoms with Gasteiger partial charge in [-0.1, -0.05) is 30.3 Å². The molecule has 2 aromatic carbocycles. The van der Waals surface area contributed by atoms with Crippen molar-refractivity contribution in [3.8, 4) is 5.75 Å². The zero-order valence-electron chi connectivity index (χ0n) is 13.5. The number of aromatic nitrogens is 2. The SMILES string of the molecule is O=c1c2oc3ccccc3c2ncn1CCS(=O)(=O)Oc1ccccc1. The number of nitrogens with zero attached hydrogens (tertiary/aromatic N) is 2. The number of fused-ring (bicyclic) bond motifs is 3. The van der Waals surface area contributed by atoms with Crippen molar-refractivity contribution in [2.24, 2.45) is 0 Å². The second-order valence-electron chi connectivity index (χ2n) is 5.68. The average molecular weight is 370 g/mol. The van der Waals surface area contributed by atoms with Crippen molar-refractivity contribution in [3.63, 3.8) is 0 Å². The van der Waals surface area contributed by atoms with Gasteiger partial charge < -0.3 is 8.60 Å². The second kappa shape index (κ2) is 6.30. The van der Waals surface area contributed by atoms with Gasteiger partial charge in [0.15, 0.2) is 0 Å². The van der Waals surface area contributed by atoms with E-state index in [0.717, 1.165) is 5.39 Å². The lowest BCUT2D eigenvalue weighted by Crippen LogP contribution is -2.25. The molecule has 132 valence electrons. The Morgan fingerprint density at radius 3 is 2.58 bits per heavy atom. The lowest BCUT2D eigenvalue weighted by molar-refractivity contribution is 0.480. The molecule has 7 nitrogen and oxygen atoms in total. The maximum absolute atomic E-state index is 12.6. The molecule has 0 saturated carbocycles. The first kappa shape index (κ1) is 16.3. The minimum Gasteiger partial charge on any atom is -0.448 e. The quantitative estimate of drug-likeness (QED) is 0.502. The van der Waals surface area contributed by atoms with Gasteiger partial charge in [-0.3, -0.25) is 9.36 Å². The van der Waals surface area contributed by atoms with Gasteiger partial charge in [-0.2, -0.15) is 8.42 Å². The number of benzene rings is 2. The molecule has 0 amide bonds. The minimum absolute atomic E-state index is 0.0893. The molecule has 8 heteroatoms. The highest BCUT2D eigenvalue weighted by molar-refractivity contribution is 7.87. The maximum Gasteiger partial charge on any atom is 0.310 e. The molecular weight excluding hydrogens is 356 g/mol. The summed E-state index contributed by atoms with van der Waals surface area (Å²) in [6.45, 7) is -0.0893. The Morgan fingerprint density at radius 1 is 1.04 bits per heavy atom. The molecule has 0 radical (unpaired) electrons. The molecule has 0 unspecified atom stereocenters. The van der Waals surface area contributed by atoms with E-state index in [9.17, 15) is 13.2 Å². The van der Waals surface area contributed by atoms with Gasteiger partial charge >= 0.3 is 10.1 Å². The van der Waals surface area contributed by atoms with E-state index in [1.807, 2.05) is 12.1 Å². The van der Waals surface area contributed by atoms with Gasteiger partial charge in [-0.25, -0.2) is 4.98 Å². The summed E-state index contributed by atoms with van der Waals surface area (Å²) in [6, 6.07) is 15.4. The molecule has 0 spiro atoms. The van der Waals surface area contributed by atoms with E-state index in [1.54, 1.807) is 42.5 Å². The van der Waals surface area contributed by atoms with Crippen LogP contribution in [0.2, 0.25) is 0 Å². The van der Waals surface area contributed by atoms with Crippen molar-refractivity contribution in [2.75, 3.05) is 5.75 Å². The highest BCUT2D eigenvalue weighted by Crippen LogP contribution is 2.24. The Kier molecular flexibility index (Phi) is 3.96. The van der Waals surface area contributed by atoms with Crippen molar-refractivity contribution in [2.45, 2.75) is 6.54 Å². The maximum atomic E-state index is 12.6. The highest BCUT2D eigenvalue weighted by Gasteiger charge is 2.16. The monoisotopic (exact) mass is 370 g/mol. The molecule has 0 aliphatic heterocycles. The number of para-hydroxylation sites is 2. The fourth-order valence-corrected chi connectivity index (χ4v) is 3.56. The van der Waals surface area contributed by atoms with E-state index >= 15 is 0 Å². The zero-order valence-corrected chi connectivity index (χ0v) is 14.3. The first-order valence-corrected chi connectivity index (χ1v) is 9.45. The molecule has 4 aromatic rings. The number of aryl methyl sites for hydroxylation is 1. The van der Waals surface area contributed by atoms with Gasteiger partial charge in [0.25, 0.3) is 5.56 Å². The average Bonchev–Trinajstić information content (AvgIpc) is 3.01. The van der Waals surface area contributed by atoms with Crippen LogP contribution in [0, 0.1) is 0 Å². The number of rotatable bonds is 5. The van der Waals surface area contributed by atoms with Gasteiger partial charge in [0, 0.05) is 11.9 Å². The number of hydrogen-bond donors (Lipinski definition) is 0. The summed E-state index contributed by atoms with van der Waals surface area (Å²) in [6.07, 6.45) is 1.32. The van der Waals surface area contributed by atoms with Gasteiger partial charge in [-0.05, 0) is 24.3 Å². The predicted octanol–water partition coefficient (Wildman–Crippen LogP) is 2.55. The van der Waals surface area contributed by atoms with Gasteiger partial charge in [-0.15, -0.1) is 0 Å². The van der Waals surface area contributed by atoms with Crippen molar-refractivity contribution in [1.82, 2.24) is 9.55 Å². The lowest BCUT2D eigenvalue weighted by Gasteiger charge is -2.08. The third-order valence-corrected chi connectivity index (χ3v) is 5.03. The molecule has 0 saturated heterocycles. The summed E-state index contributed by atoms with van der Waals surface area (Å²) in [5, 5.41) is 0.742. The smallest absolute Gasteiger partial charge is 0.310 e. The van der Waals surface area contributed by atoms with E-state index < -0.39 is 15.7 Å². The van der Waals surface area contributed by atoms with E-state index in [0.29, 0.717) is 11.1 Å². The van der Waals surface area contributed by atoms with Crippen molar-refractivity contribution in [1.29, 1.82) is 0 Å². The Morgan fingerprint density at radius 2 is 1.77 bits per heavy atom. The Balaban J connectivity index is 1.60. The molecule has 26 heavy (non-hydrogen) atoms. The summed E-state index contributed by atoms with van der Waals surface area (Å²) >= 11 is 0. The van der Waals surface area contributed by atoms with Crippen LogP contribution in [-0.4, -0.2) is 23.7 Å². The standard InChI is InChI=1S/C18H14N2O5S/c21-18-17-16(14-8-4-5-9-15(14)24-17)19-12-20(18)10-11-26(22,23)25-13-6-2-1-3-7-13/h1-9,12H,10-11H2. The normalized spacial score (nSPS) is 11.8. The van der Waals surface area contributed by atoms with E-state index in [2.05, 4.69) is 4.98 Å². The van der Waals surface area contributed by atoms with Crippen LogP contribution < -0.4 is 9.74 Å². The van der Waals surface area contributed by atoms with Crippen molar-refractivity contribution < 1.29 is 17.0 Å². The highest BCUT2D eigenvalue weighted by atomic mass is 32.2. The summed E-state index contributed by atoms with van der Waals surface area (Å²) in [4.78, 5) is 16.8. The molecule has 0 aliphatic rings. The van der Waals surface area contributed by atoms with Crippen LogP contribution in [0.4, 0.5) is 0 Å². The Bertz CT molecular complexity index is 1240. The molecule has 2 heterocycles. The van der Waals surface area contributed by atoms with Crippen LogP contribution in [-0.2, 0) is 16.7 Å². The lowest BCUT2D eigenvalue weighted by atomic mass is 10.2. The largest absolute Gasteiger partial charge is 0.448 e. The number of hydrogen-bond acceptors (Lipinski definition) is 6. The second-order valence-corrected chi connectivity index (χ2v) is 7.37. The van der Waals surface area contributed by atoms with Crippen LogP contribution in [0.25, 0.3) is 22.1 Å². The molecule has 2 aromatic heterocycles. The van der Waals surface area contributed by atoms with Crippen molar-refractivity contribution >= 4 is 32.2 Å². The van der Waals surface area contributed by atoms with Crippen LogP contribution in [0.1, 0.15) is 0 Å². The molecule has 0 atom stereocenters. The molecule has 0 bridgehead atoms. The van der Waals surface area contributed by atoms with Gasteiger partial charge in [0.2, 0.25) is 5.58 Å². The summed E-state index contributed by atoms with van der Waals surface area (Å²) in [5.41, 5.74) is 0.700. The van der Waals surface area contributed by atoms with Gasteiger partial charge in [0.1, 0.15) is 22.6 Å².